The molecule has 2 heterocycles. The van der Waals surface area contributed by atoms with E-state index in [2.05, 4.69) is 17.2 Å². The van der Waals surface area contributed by atoms with E-state index in [1.807, 2.05) is 30.5 Å². The number of ether oxygens (including phenoxy) is 2. The zero-order valence-corrected chi connectivity index (χ0v) is 27.3. The number of aliphatic hydroxyl groups excluding tert-OH is 3. The van der Waals surface area contributed by atoms with Crippen molar-refractivity contribution in [1.29, 1.82) is 0 Å². The molecule has 2 fully saturated rings. The van der Waals surface area contributed by atoms with Gasteiger partial charge >= 0.3 is 0 Å². The molecule has 5 atom stereocenters. The third-order valence-electron chi connectivity index (χ3n) is 10.5. The molecule has 8 heteroatoms. The van der Waals surface area contributed by atoms with E-state index in [0.717, 1.165) is 61.8 Å². The minimum Gasteiger partial charge on any atom is -0.504 e. The molecule has 248 valence electrons. The first kappa shape index (κ1) is 33.9. The summed E-state index contributed by atoms with van der Waals surface area (Å²) in [4.78, 5) is 4.62. The van der Waals surface area contributed by atoms with Crippen molar-refractivity contribution in [3.63, 3.8) is 0 Å². The van der Waals surface area contributed by atoms with Gasteiger partial charge in [-0.25, -0.2) is 0 Å². The van der Waals surface area contributed by atoms with Crippen molar-refractivity contribution in [3.05, 3.63) is 59.2 Å². The summed E-state index contributed by atoms with van der Waals surface area (Å²) in [6, 6.07) is 5.35. The quantitative estimate of drug-likeness (QED) is 0.121. The van der Waals surface area contributed by atoms with E-state index < -0.39 is 12.2 Å². The number of benzene rings is 1. The number of phenolic OH excluding ortho intramolecular Hbond substituents is 1. The Morgan fingerprint density at radius 1 is 1.18 bits per heavy atom. The smallest absolute Gasteiger partial charge is 0.207 e. The molecule has 2 aliphatic carbocycles. The predicted octanol–water partition coefficient (Wildman–Crippen LogP) is 5.11. The van der Waals surface area contributed by atoms with E-state index in [1.54, 1.807) is 13.0 Å². The highest BCUT2D eigenvalue weighted by Crippen LogP contribution is 2.58. The normalized spacial score (nSPS) is 24.4. The number of hydrogen-bond donors (Lipinski definition) is 5. The van der Waals surface area contributed by atoms with Gasteiger partial charge in [0.1, 0.15) is 30.9 Å². The minimum absolute atomic E-state index is 0.0137. The molecular weight excluding hydrogens is 568 g/mol. The molecule has 0 radical (unpaired) electrons. The Morgan fingerprint density at radius 2 is 1.98 bits per heavy atom. The van der Waals surface area contributed by atoms with Gasteiger partial charge in [-0.2, -0.15) is 0 Å². The van der Waals surface area contributed by atoms with Crippen molar-refractivity contribution in [2.75, 3.05) is 26.3 Å². The highest BCUT2D eigenvalue weighted by atomic mass is 16.5. The lowest BCUT2D eigenvalue weighted by atomic mass is 9.67. The Hall–Kier alpha value is -2.49. The molecule has 4 aliphatic rings. The van der Waals surface area contributed by atoms with Gasteiger partial charge in [-0.3, -0.25) is 0 Å². The van der Waals surface area contributed by atoms with Crippen molar-refractivity contribution < 1.29 is 29.9 Å². The van der Waals surface area contributed by atoms with Gasteiger partial charge in [0, 0.05) is 26.1 Å². The molecule has 2 saturated carbocycles. The van der Waals surface area contributed by atoms with E-state index >= 15 is 0 Å². The Morgan fingerprint density at radius 3 is 2.73 bits per heavy atom. The lowest BCUT2D eigenvalue weighted by Crippen LogP contribution is -2.39. The maximum absolute atomic E-state index is 11.1. The summed E-state index contributed by atoms with van der Waals surface area (Å²) in [5.74, 6) is 2.39. The van der Waals surface area contributed by atoms with Crippen LogP contribution in [0.1, 0.15) is 90.0 Å². The van der Waals surface area contributed by atoms with Crippen molar-refractivity contribution in [2.45, 2.75) is 109 Å². The first-order valence-corrected chi connectivity index (χ1v) is 17.3. The van der Waals surface area contributed by atoms with Crippen molar-refractivity contribution in [3.8, 4) is 11.5 Å². The molecule has 6 N–H and O–H groups in total. The number of aliphatic hydroxyl groups is 5. The van der Waals surface area contributed by atoms with Crippen LogP contribution in [-0.2, 0) is 6.42 Å². The summed E-state index contributed by atoms with van der Waals surface area (Å²) in [6.45, 7) is 5.35. The van der Waals surface area contributed by atoms with Gasteiger partial charge in [0.2, 0.25) is 5.70 Å². The van der Waals surface area contributed by atoms with Crippen molar-refractivity contribution >= 4 is 6.21 Å². The van der Waals surface area contributed by atoms with Crippen LogP contribution in [0.2, 0.25) is 0 Å². The number of aliphatic imine (C=N–C) groups is 1. The Bertz CT molecular complexity index is 1180. The number of unbranched alkanes of at least 4 members (excludes halogenated alkanes) is 1. The Kier molecular flexibility index (Phi) is 11.9. The molecule has 2 aliphatic heterocycles. The van der Waals surface area contributed by atoms with Gasteiger partial charge in [0.15, 0.2) is 17.6 Å². The van der Waals surface area contributed by atoms with Gasteiger partial charge in [0.05, 0.1) is 18.1 Å². The largest absolute Gasteiger partial charge is 0.504 e. The second-order valence-electron chi connectivity index (χ2n) is 13.8. The Balaban J connectivity index is 1.17. The molecule has 0 bridgehead atoms. The second-order valence-corrected chi connectivity index (χ2v) is 13.8. The average Bonchev–Trinajstić information content (AvgIpc) is 3.85. The van der Waals surface area contributed by atoms with Gasteiger partial charge in [0.25, 0.3) is 0 Å². The molecule has 1 aromatic rings. The number of aromatic hydroxyl groups is 1. The molecule has 1 unspecified atom stereocenters. The van der Waals surface area contributed by atoms with E-state index in [1.165, 1.54) is 44.9 Å². The van der Waals surface area contributed by atoms with Crippen molar-refractivity contribution in [1.82, 2.24) is 5.32 Å². The Labute approximate surface area is 269 Å². The molecule has 5 rings (SSSR count). The molecule has 45 heavy (non-hydrogen) atoms. The number of rotatable bonds is 17. The van der Waals surface area contributed by atoms with Gasteiger partial charge < -0.3 is 35.2 Å². The maximum Gasteiger partial charge on any atom is 0.207 e. The zero-order valence-electron chi connectivity index (χ0n) is 27.3. The van der Waals surface area contributed by atoms with Crippen molar-refractivity contribution in [2.24, 2.45) is 22.2 Å². The summed E-state index contributed by atoms with van der Waals surface area (Å²) in [5, 5.41) is 44.7. The average molecular weight is 624 g/mol. The highest BCUT2D eigenvalue weighted by Gasteiger charge is 2.51. The van der Waals surface area contributed by atoms with Crippen LogP contribution in [0, 0.1) is 29.3 Å². The first-order valence-electron chi connectivity index (χ1n) is 17.3. The zero-order chi connectivity index (χ0) is 31.8. The molecule has 1 aromatic carbocycles. The number of phenols is 1. The molecule has 0 aromatic heterocycles. The lowest BCUT2D eigenvalue weighted by Gasteiger charge is -2.36. The van der Waals surface area contributed by atoms with Gasteiger partial charge in [-0.1, -0.05) is 38.7 Å². The van der Waals surface area contributed by atoms with Crippen LogP contribution in [0.4, 0.5) is 0 Å². The van der Waals surface area contributed by atoms with Crippen LogP contribution in [-0.4, -0.2) is 76.0 Å². The fourth-order valence-electron chi connectivity index (χ4n) is 8.13. The predicted molar refractivity (Wildman–Crippen MR) is 178 cm³/mol. The number of allylic oxidation sites excluding steroid dienone is 1. The summed E-state index contributed by atoms with van der Waals surface area (Å²) >= 11 is 0. The van der Waals surface area contributed by atoms with Crippen LogP contribution in [0.15, 0.2) is 46.6 Å². The third-order valence-corrected chi connectivity index (χ3v) is 10.5. The molecule has 1 spiro atoms. The minimum atomic E-state index is -0.924. The third kappa shape index (κ3) is 8.46. The van der Waals surface area contributed by atoms with Crippen LogP contribution < -0.4 is 10.1 Å². The van der Waals surface area contributed by atoms with E-state index in [-0.39, 0.29) is 31.0 Å². The van der Waals surface area contributed by atoms with Crippen LogP contribution in [0.25, 0.3) is 0 Å². The van der Waals surface area contributed by atoms with E-state index in [0.29, 0.717) is 29.3 Å². The summed E-state index contributed by atoms with van der Waals surface area (Å²) < 4.78 is 10.8. The summed E-state index contributed by atoms with van der Waals surface area (Å²) in [6.07, 6.45) is 19.4. The first-order chi connectivity index (χ1) is 21.8. The molecule has 8 nitrogen and oxygen atoms in total. The fourth-order valence-corrected chi connectivity index (χ4v) is 8.13. The monoisotopic (exact) mass is 623 g/mol. The summed E-state index contributed by atoms with van der Waals surface area (Å²) in [7, 11) is 0. The van der Waals surface area contributed by atoms with E-state index in [9.17, 15) is 20.4 Å². The van der Waals surface area contributed by atoms with Crippen LogP contribution in [0.5, 0.6) is 11.5 Å². The number of nitrogens with zero attached hydrogens (tertiary/aromatic N) is 1. The van der Waals surface area contributed by atoms with Crippen LogP contribution >= 0.6 is 0 Å². The SMILES string of the molecule is CCCCC1[OH+][C-](CCc2ccc(O)c(OC[C@H](O)C3=C[C+]([C@H](CNC[C@H](C)O)[C@@H]4CCCC45CCCC5)C=N3)c2)C=C1CO. The lowest BCUT2D eigenvalue weighted by molar-refractivity contribution is -0.0550. The maximum atomic E-state index is 11.1. The molecule has 0 amide bonds. The number of hydrogen-bond acceptors (Lipinski definition) is 7. The molecular formula is C37H55N2O6+. The highest BCUT2D eigenvalue weighted by molar-refractivity contribution is 5.83. The molecule has 0 saturated heterocycles. The van der Waals surface area contributed by atoms with E-state index in [4.69, 9.17) is 9.47 Å². The number of aryl methyl sites for hydroxylation is 1. The number of nitrogens with one attached hydrogen (secondary N) is 1. The van der Waals surface area contributed by atoms with Gasteiger partial charge in [-0.15, -0.1) is 16.6 Å². The standard InChI is InChI=1S/C37H54N2O6/c1-3-4-9-35-28(23-40)18-29(45-35)12-10-26-11-13-33(42)36(17-26)44-24-34(43)32-19-27(21-39-32)30(22-38-20-25(2)41)31-8-7-16-37(31)14-5-6-15-37/h11,13,17-19,21,25,30-31,34-35,38,40-41,43,45H,3-10,12,14-16,20,22-24H2,1-2H3/p+1/t25-,30-,31-,34-,35?/m0/s1. The summed E-state index contributed by atoms with van der Waals surface area (Å²) in [5.41, 5.74) is 3.00. The fraction of sp³-hybridized carbons (Fsp3) is 0.649. The van der Waals surface area contributed by atoms with Gasteiger partial charge in [-0.05, 0) is 80.9 Å². The second kappa shape index (κ2) is 15.9. The topological polar surface area (TPSA) is 127 Å². The van der Waals surface area contributed by atoms with Crippen LogP contribution in [0.3, 0.4) is 0 Å².